The Morgan fingerprint density at radius 3 is 2.08 bits per heavy atom. The lowest BCUT2D eigenvalue weighted by molar-refractivity contribution is -0.147. The third-order valence-electron chi connectivity index (χ3n) is 5.97. The van der Waals surface area contributed by atoms with Crippen LogP contribution in [-0.2, 0) is 31.9 Å². The molecule has 0 amide bonds. The minimum atomic E-state index is -0.342. The highest BCUT2D eigenvalue weighted by Gasteiger charge is 2.20. The first-order chi connectivity index (χ1) is 17.4. The van der Waals surface area contributed by atoms with Gasteiger partial charge in [-0.3, -0.25) is 9.59 Å². The normalized spacial score (nSPS) is 11.6. The summed E-state index contributed by atoms with van der Waals surface area (Å²) in [6.07, 6.45) is -0.0102. The van der Waals surface area contributed by atoms with E-state index < -0.39 is 0 Å². The summed E-state index contributed by atoms with van der Waals surface area (Å²) in [5.74, 6) is -0.00209. The molecule has 3 aromatic carbocycles. The summed E-state index contributed by atoms with van der Waals surface area (Å²) in [5.41, 5.74) is 6.11. The second kappa shape index (κ2) is 11.5. The summed E-state index contributed by atoms with van der Waals surface area (Å²) < 4.78 is 16.2. The molecule has 1 atom stereocenters. The van der Waals surface area contributed by atoms with Gasteiger partial charge in [-0.2, -0.15) is 0 Å². The number of aryl methyl sites for hydroxylation is 1. The molecule has 0 aliphatic heterocycles. The van der Waals surface area contributed by atoms with Gasteiger partial charge in [-0.1, -0.05) is 84.0 Å². The maximum atomic E-state index is 12.7. The highest BCUT2D eigenvalue weighted by molar-refractivity contribution is 5.78. The highest BCUT2D eigenvalue weighted by Crippen LogP contribution is 2.30. The Labute approximate surface area is 210 Å². The predicted octanol–water partition coefficient (Wildman–Crippen LogP) is 6.27. The molecular weight excluding hydrogens is 454 g/mol. The molecule has 36 heavy (non-hydrogen) atoms. The maximum Gasteiger partial charge on any atom is 0.311 e. The minimum Gasteiger partial charge on any atom is -0.466 e. The number of rotatable bonds is 9. The average molecular weight is 484 g/mol. The van der Waals surface area contributed by atoms with Crippen LogP contribution < -0.4 is 0 Å². The smallest absolute Gasteiger partial charge is 0.311 e. The number of esters is 2. The number of ether oxygens (including phenoxy) is 2. The van der Waals surface area contributed by atoms with Gasteiger partial charge >= 0.3 is 11.9 Å². The van der Waals surface area contributed by atoms with Crippen LogP contribution in [0.2, 0.25) is 0 Å². The van der Waals surface area contributed by atoms with Crippen molar-refractivity contribution in [1.29, 1.82) is 0 Å². The van der Waals surface area contributed by atoms with Crippen LogP contribution in [0.3, 0.4) is 0 Å². The number of carbonyl (C=O) groups is 2. The van der Waals surface area contributed by atoms with E-state index in [-0.39, 0.29) is 30.9 Å². The predicted molar refractivity (Wildman–Crippen MR) is 137 cm³/mol. The van der Waals surface area contributed by atoms with Gasteiger partial charge in [0.05, 0.1) is 25.1 Å². The second-order valence-electron chi connectivity index (χ2n) is 8.55. The van der Waals surface area contributed by atoms with Crippen molar-refractivity contribution < 1.29 is 23.6 Å². The van der Waals surface area contributed by atoms with Crippen LogP contribution in [0.25, 0.3) is 22.5 Å². The Morgan fingerprint density at radius 2 is 1.44 bits per heavy atom. The quantitative estimate of drug-likeness (QED) is 0.261. The molecule has 1 unspecified atom stereocenters. The fourth-order valence-electron chi connectivity index (χ4n) is 4.01. The van der Waals surface area contributed by atoms with E-state index in [4.69, 9.17) is 14.0 Å². The van der Waals surface area contributed by atoms with Crippen molar-refractivity contribution in [2.45, 2.75) is 39.7 Å². The Kier molecular flexibility index (Phi) is 7.95. The highest BCUT2D eigenvalue weighted by atomic mass is 16.5. The van der Waals surface area contributed by atoms with E-state index in [1.165, 1.54) is 0 Å². The summed E-state index contributed by atoms with van der Waals surface area (Å²) in [6, 6.07) is 25.3. The van der Waals surface area contributed by atoms with Gasteiger partial charge in [-0.05, 0) is 43.0 Å². The van der Waals surface area contributed by atoms with Crippen LogP contribution in [0.15, 0.2) is 83.4 Å². The number of benzene rings is 3. The van der Waals surface area contributed by atoms with Crippen molar-refractivity contribution >= 4 is 11.9 Å². The zero-order chi connectivity index (χ0) is 25.5. The van der Waals surface area contributed by atoms with E-state index in [1.807, 2.05) is 92.7 Å². The third kappa shape index (κ3) is 6.08. The van der Waals surface area contributed by atoms with Crippen molar-refractivity contribution in [3.63, 3.8) is 0 Å². The van der Waals surface area contributed by atoms with Gasteiger partial charge in [0.1, 0.15) is 6.10 Å². The molecule has 0 saturated heterocycles. The number of hydrogen-bond acceptors (Lipinski definition) is 6. The third-order valence-corrected chi connectivity index (χ3v) is 5.97. The molecule has 6 nitrogen and oxygen atoms in total. The van der Waals surface area contributed by atoms with Crippen molar-refractivity contribution in [3.05, 3.63) is 101 Å². The first-order valence-corrected chi connectivity index (χ1v) is 12.0. The van der Waals surface area contributed by atoms with Crippen molar-refractivity contribution in [1.82, 2.24) is 5.16 Å². The fraction of sp³-hybridized carbons (Fsp3) is 0.233. The van der Waals surface area contributed by atoms with Gasteiger partial charge in [-0.25, -0.2) is 0 Å². The zero-order valence-electron chi connectivity index (χ0n) is 20.7. The van der Waals surface area contributed by atoms with Crippen LogP contribution in [0, 0.1) is 6.92 Å². The standard InChI is InChI=1S/C30H29NO5/c1-4-34-28(32)18-22-10-12-24(13-11-22)25-14-16-26(17-15-25)30-27(20(2)31-36-30)19-29(33)35-21(3)23-8-6-5-7-9-23/h5-17,21H,4,18-19H2,1-3H3. The first kappa shape index (κ1) is 24.9. The lowest BCUT2D eigenvalue weighted by Crippen LogP contribution is -2.12. The largest absolute Gasteiger partial charge is 0.466 e. The molecule has 0 saturated carbocycles. The molecule has 4 rings (SSSR count). The summed E-state index contributed by atoms with van der Waals surface area (Å²) in [7, 11) is 0. The Bertz CT molecular complexity index is 1310. The zero-order valence-corrected chi connectivity index (χ0v) is 20.7. The van der Waals surface area contributed by atoms with Crippen molar-refractivity contribution in [2.75, 3.05) is 6.61 Å². The fourth-order valence-corrected chi connectivity index (χ4v) is 4.01. The molecule has 6 heteroatoms. The first-order valence-electron chi connectivity index (χ1n) is 12.0. The lowest BCUT2D eigenvalue weighted by atomic mass is 9.99. The van der Waals surface area contributed by atoms with Crippen LogP contribution in [-0.4, -0.2) is 23.7 Å². The summed E-state index contributed by atoms with van der Waals surface area (Å²) in [6.45, 7) is 5.86. The van der Waals surface area contributed by atoms with Gasteiger partial charge in [0.25, 0.3) is 0 Å². The summed E-state index contributed by atoms with van der Waals surface area (Å²) in [5, 5.41) is 4.09. The number of carbonyl (C=O) groups excluding carboxylic acids is 2. The topological polar surface area (TPSA) is 78.6 Å². The van der Waals surface area contributed by atoms with E-state index in [2.05, 4.69) is 5.16 Å². The molecule has 0 radical (unpaired) electrons. The summed E-state index contributed by atoms with van der Waals surface area (Å²) in [4.78, 5) is 24.4. The Hall–Kier alpha value is -4.19. The van der Waals surface area contributed by atoms with Crippen molar-refractivity contribution in [2.24, 2.45) is 0 Å². The van der Waals surface area contributed by atoms with E-state index in [0.29, 0.717) is 18.1 Å². The average Bonchev–Trinajstić information content (AvgIpc) is 3.25. The van der Waals surface area contributed by atoms with Crippen LogP contribution in [0.1, 0.15) is 42.3 Å². The molecule has 184 valence electrons. The molecule has 0 aliphatic carbocycles. The molecular formula is C30H29NO5. The maximum absolute atomic E-state index is 12.7. The monoisotopic (exact) mass is 483 g/mol. The molecule has 0 bridgehead atoms. The van der Waals surface area contributed by atoms with Gasteiger partial charge < -0.3 is 14.0 Å². The van der Waals surface area contributed by atoms with Gasteiger partial charge in [0.15, 0.2) is 5.76 Å². The van der Waals surface area contributed by atoms with Crippen LogP contribution in [0.4, 0.5) is 0 Å². The molecule has 4 aromatic rings. The van der Waals surface area contributed by atoms with E-state index in [9.17, 15) is 9.59 Å². The SMILES string of the molecule is CCOC(=O)Cc1ccc(-c2ccc(-c3onc(C)c3CC(=O)OC(C)c3ccccc3)cc2)cc1. The van der Waals surface area contributed by atoms with Crippen molar-refractivity contribution in [3.8, 4) is 22.5 Å². The summed E-state index contributed by atoms with van der Waals surface area (Å²) >= 11 is 0. The molecule has 0 aliphatic rings. The second-order valence-corrected chi connectivity index (χ2v) is 8.55. The molecule has 0 fully saturated rings. The molecule has 0 spiro atoms. The van der Waals surface area contributed by atoms with Crippen LogP contribution >= 0.6 is 0 Å². The Morgan fingerprint density at radius 1 is 0.833 bits per heavy atom. The number of hydrogen-bond donors (Lipinski definition) is 0. The Balaban J connectivity index is 1.45. The van der Waals surface area contributed by atoms with Gasteiger partial charge in [0.2, 0.25) is 0 Å². The molecule has 1 heterocycles. The van der Waals surface area contributed by atoms with Gasteiger partial charge in [0, 0.05) is 11.1 Å². The minimum absolute atomic E-state index is 0.0749. The molecule has 1 aromatic heterocycles. The van der Waals surface area contributed by atoms with Crippen LogP contribution in [0.5, 0.6) is 0 Å². The van der Waals surface area contributed by atoms with E-state index >= 15 is 0 Å². The lowest BCUT2D eigenvalue weighted by Gasteiger charge is -2.13. The van der Waals surface area contributed by atoms with E-state index in [0.717, 1.165) is 33.4 Å². The van der Waals surface area contributed by atoms with E-state index in [1.54, 1.807) is 6.92 Å². The van der Waals surface area contributed by atoms with Gasteiger partial charge in [-0.15, -0.1) is 0 Å². The molecule has 0 N–H and O–H groups in total. The number of aromatic nitrogens is 1. The number of nitrogens with zero attached hydrogens (tertiary/aromatic N) is 1.